The molecular formula is C10H10N4O. The van der Waals surface area contributed by atoms with Gasteiger partial charge in [0.05, 0.1) is 23.6 Å². The van der Waals surface area contributed by atoms with Gasteiger partial charge in [-0.15, -0.1) is 0 Å². The molecule has 0 aromatic carbocycles. The van der Waals surface area contributed by atoms with Gasteiger partial charge in [0, 0.05) is 12.4 Å². The number of anilines is 1. The minimum absolute atomic E-state index is 0.198. The highest BCUT2D eigenvalue weighted by Crippen LogP contribution is 2.08. The molecule has 2 aromatic rings. The first-order valence-corrected chi connectivity index (χ1v) is 4.47. The summed E-state index contributed by atoms with van der Waals surface area (Å²) in [6.45, 7) is 1.92. The Balaban J connectivity index is 2.13. The number of nitrogens with one attached hydrogen (secondary N) is 2. The van der Waals surface area contributed by atoms with Crippen LogP contribution in [0.4, 0.5) is 5.69 Å². The number of hydrogen-bond acceptors (Lipinski definition) is 3. The molecule has 2 rings (SSSR count). The van der Waals surface area contributed by atoms with Crippen molar-refractivity contribution in [3.05, 3.63) is 42.0 Å². The van der Waals surface area contributed by atoms with Gasteiger partial charge in [0.15, 0.2) is 0 Å². The number of carbonyl (C=O) groups is 1. The summed E-state index contributed by atoms with van der Waals surface area (Å²) in [6, 6.07) is 1.85. The van der Waals surface area contributed by atoms with E-state index in [2.05, 4.69) is 20.5 Å². The summed E-state index contributed by atoms with van der Waals surface area (Å²) in [7, 11) is 0. The third-order valence-electron chi connectivity index (χ3n) is 1.89. The van der Waals surface area contributed by atoms with Gasteiger partial charge in [0.2, 0.25) is 0 Å². The molecule has 2 aromatic heterocycles. The topological polar surface area (TPSA) is 70.7 Å². The molecule has 15 heavy (non-hydrogen) atoms. The van der Waals surface area contributed by atoms with Crippen molar-refractivity contribution in [3.8, 4) is 0 Å². The number of hydrogen-bond donors (Lipinski definition) is 2. The molecule has 0 aliphatic heterocycles. The molecule has 0 radical (unpaired) electrons. The van der Waals surface area contributed by atoms with Crippen molar-refractivity contribution in [1.82, 2.24) is 15.2 Å². The minimum Gasteiger partial charge on any atom is -0.320 e. The summed E-state index contributed by atoms with van der Waals surface area (Å²) in [5.74, 6) is -0.198. The summed E-state index contributed by atoms with van der Waals surface area (Å²) in [6.07, 6.45) is 6.34. The van der Waals surface area contributed by atoms with Gasteiger partial charge < -0.3 is 5.32 Å². The second kappa shape index (κ2) is 3.91. The van der Waals surface area contributed by atoms with E-state index < -0.39 is 0 Å². The van der Waals surface area contributed by atoms with Crippen LogP contribution in [-0.4, -0.2) is 21.1 Å². The number of carbonyl (C=O) groups excluding carboxylic acids is 1. The quantitative estimate of drug-likeness (QED) is 0.772. The van der Waals surface area contributed by atoms with Crippen molar-refractivity contribution in [1.29, 1.82) is 0 Å². The van der Waals surface area contributed by atoms with Gasteiger partial charge in [-0.1, -0.05) is 0 Å². The van der Waals surface area contributed by atoms with E-state index in [1.807, 2.05) is 13.0 Å². The lowest BCUT2D eigenvalue weighted by Crippen LogP contribution is -2.11. The predicted octanol–water partition coefficient (Wildman–Crippen LogP) is 1.37. The molecule has 0 saturated carbocycles. The number of aryl methyl sites for hydroxylation is 1. The Kier molecular flexibility index (Phi) is 2.45. The van der Waals surface area contributed by atoms with E-state index in [4.69, 9.17) is 0 Å². The SMILES string of the molecule is Cc1cncc(NC(=O)c2cn[nH]c2)c1. The molecule has 0 aliphatic carbocycles. The average Bonchev–Trinajstić information content (AvgIpc) is 2.70. The third-order valence-corrected chi connectivity index (χ3v) is 1.89. The first-order chi connectivity index (χ1) is 7.25. The zero-order valence-corrected chi connectivity index (χ0v) is 8.19. The molecule has 0 spiro atoms. The molecule has 1 amide bonds. The fourth-order valence-electron chi connectivity index (χ4n) is 1.20. The van der Waals surface area contributed by atoms with E-state index in [0.717, 1.165) is 5.56 Å². The van der Waals surface area contributed by atoms with Crippen LogP contribution in [0.25, 0.3) is 0 Å². The minimum atomic E-state index is -0.198. The van der Waals surface area contributed by atoms with Crippen molar-refractivity contribution in [2.24, 2.45) is 0 Å². The first kappa shape index (κ1) is 9.39. The van der Waals surface area contributed by atoms with Crippen molar-refractivity contribution in [2.75, 3.05) is 5.32 Å². The van der Waals surface area contributed by atoms with Crippen molar-refractivity contribution < 1.29 is 4.79 Å². The van der Waals surface area contributed by atoms with Crippen LogP contribution in [0.1, 0.15) is 15.9 Å². The van der Waals surface area contributed by atoms with Gasteiger partial charge in [-0.2, -0.15) is 5.10 Å². The maximum absolute atomic E-state index is 11.6. The highest BCUT2D eigenvalue weighted by atomic mass is 16.1. The van der Waals surface area contributed by atoms with E-state index in [0.29, 0.717) is 11.3 Å². The van der Waals surface area contributed by atoms with E-state index in [-0.39, 0.29) is 5.91 Å². The highest BCUT2D eigenvalue weighted by molar-refractivity contribution is 6.03. The van der Waals surface area contributed by atoms with E-state index in [1.54, 1.807) is 18.6 Å². The molecule has 76 valence electrons. The lowest BCUT2D eigenvalue weighted by molar-refractivity contribution is 0.102. The number of aromatic nitrogens is 3. The molecule has 2 N–H and O–H groups in total. The molecule has 5 heteroatoms. The zero-order valence-electron chi connectivity index (χ0n) is 8.19. The molecule has 0 unspecified atom stereocenters. The van der Waals surface area contributed by atoms with Crippen LogP contribution in [0.2, 0.25) is 0 Å². The van der Waals surface area contributed by atoms with Gasteiger partial charge in [0.1, 0.15) is 0 Å². The van der Waals surface area contributed by atoms with E-state index in [1.165, 1.54) is 6.20 Å². The summed E-state index contributed by atoms with van der Waals surface area (Å²) in [5, 5.41) is 9.01. The van der Waals surface area contributed by atoms with Gasteiger partial charge in [-0.05, 0) is 18.6 Å². The summed E-state index contributed by atoms with van der Waals surface area (Å²) < 4.78 is 0. The molecule has 0 atom stereocenters. The van der Waals surface area contributed by atoms with Crippen LogP contribution in [0.5, 0.6) is 0 Å². The number of nitrogens with zero attached hydrogens (tertiary/aromatic N) is 2. The van der Waals surface area contributed by atoms with E-state index >= 15 is 0 Å². The van der Waals surface area contributed by atoms with Crippen LogP contribution in [-0.2, 0) is 0 Å². The zero-order chi connectivity index (χ0) is 10.7. The fourth-order valence-corrected chi connectivity index (χ4v) is 1.20. The molecule has 0 aliphatic rings. The van der Waals surface area contributed by atoms with Crippen LogP contribution < -0.4 is 5.32 Å². The fraction of sp³-hybridized carbons (Fsp3) is 0.100. The van der Waals surface area contributed by atoms with Gasteiger partial charge in [-0.25, -0.2) is 0 Å². The number of aromatic amines is 1. The Morgan fingerprint density at radius 1 is 1.40 bits per heavy atom. The molecule has 2 heterocycles. The molecule has 5 nitrogen and oxygen atoms in total. The standard InChI is InChI=1S/C10H10N4O/c1-7-2-9(6-11-3-7)14-10(15)8-4-12-13-5-8/h2-6H,1H3,(H,12,13)(H,14,15). The Labute approximate surface area is 86.5 Å². The smallest absolute Gasteiger partial charge is 0.258 e. The summed E-state index contributed by atoms with van der Waals surface area (Å²) >= 11 is 0. The largest absolute Gasteiger partial charge is 0.320 e. The van der Waals surface area contributed by atoms with Crippen LogP contribution in [0.15, 0.2) is 30.9 Å². The first-order valence-electron chi connectivity index (χ1n) is 4.47. The maximum Gasteiger partial charge on any atom is 0.258 e. The summed E-state index contributed by atoms with van der Waals surface area (Å²) in [5.41, 5.74) is 2.18. The lowest BCUT2D eigenvalue weighted by Gasteiger charge is -2.02. The second-order valence-electron chi connectivity index (χ2n) is 3.19. The van der Waals surface area contributed by atoms with Crippen LogP contribution in [0.3, 0.4) is 0 Å². The second-order valence-corrected chi connectivity index (χ2v) is 3.19. The number of H-pyrrole nitrogens is 1. The Bertz CT molecular complexity index is 464. The van der Waals surface area contributed by atoms with Crippen molar-refractivity contribution >= 4 is 11.6 Å². The normalized spacial score (nSPS) is 9.93. The lowest BCUT2D eigenvalue weighted by atomic mass is 10.3. The Morgan fingerprint density at radius 3 is 2.93 bits per heavy atom. The van der Waals surface area contributed by atoms with Crippen molar-refractivity contribution in [3.63, 3.8) is 0 Å². The van der Waals surface area contributed by atoms with Gasteiger partial charge in [-0.3, -0.25) is 14.9 Å². The maximum atomic E-state index is 11.6. The van der Waals surface area contributed by atoms with Gasteiger partial charge >= 0.3 is 0 Å². The van der Waals surface area contributed by atoms with E-state index in [9.17, 15) is 4.79 Å². The monoisotopic (exact) mass is 202 g/mol. The third kappa shape index (κ3) is 2.19. The van der Waals surface area contributed by atoms with Crippen LogP contribution >= 0.6 is 0 Å². The number of rotatable bonds is 2. The molecule has 0 bridgehead atoms. The molecular weight excluding hydrogens is 192 g/mol. The number of pyridine rings is 1. The Hall–Kier alpha value is -2.17. The molecule has 0 fully saturated rings. The average molecular weight is 202 g/mol. The highest BCUT2D eigenvalue weighted by Gasteiger charge is 2.06. The van der Waals surface area contributed by atoms with Gasteiger partial charge in [0.25, 0.3) is 5.91 Å². The number of amides is 1. The van der Waals surface area contributed by atoms with Crippen LogP contribution in [0, 0.1) is 6.92 Å². The van der Waals surface area contributed by atoms with Crippen molar-refractivity contribution in [2.45, 2.75) is 6.92 Å². The summed E-state index contributed by atoms with van der Waals surface area (Å²) in [4.78, 5) is 15.6. The predicted molar refractivity (Wildman–Crippen MR) is 55.5 cm³/mol. The molecule has 0 saturated heterocycles. The Morgan fingerprint density at radius 2 is 2.27 bits per heavy atom.